The monoisotopic (exact) mass is 249 g/mol. The quantitative estimate of drug-likeness (QED) is 0.828. The van der Waals surface area contributed by atoms with Gasteiger partial charge in [-0.3, -0.25) is 4.79 Å². The summed E-state index contributed by atoms with van der Waals surface area (Å²) in [6.45, 7) is 0.0965. The van der Waals surface area contributed by atoms with Crippen molar-refractivity contribution >= 4 is 11.9 Å². The molecule has 0 unspecified atom stereocenters. The molecule has 2 rings (SSSR count). The minimum atomic E-state index is -0.324. The van der Waals surface area contributed by atoms with Crippen LogP contribution in [0.25, 0.3) is 0 Å². The summed E-state index contributed by atoms with van der Waals surface area (Å²) in [6.07, 6.45) is 10.1. The molecule has 0 saturated heterocycles. The van der Waals surface area contributed by atoms with Crippen molar-refractivity contribution in [2.75, 3.05) is 19.0 Å². The normalized spacial score (nSPS) is 16.3. The molecular formula is C13H19N3O2. The van der Waals surface area contributed by atoms with E-state index in [9.17, 15) is 4.79 Å². The Labute approximate surface area is 107 Å². The van der Waals surface area contributed by atoms with Gasteiger partial charge in [0.25, 0.3) is 0 Å². The van der Waals surface area contributed by atoms with E-state index < -0.39 is 0 Å². The zero-order chi connectivity index (χ0) is 12.8. The van der Waals surface area contributed by atoms with Gasteiger partial charge in [-0.05, 0) is 24.3 Å². The van der Waals surface area contributed by atoms with Crippen molar-refractivity contribution in [2.45, 2.75) is 38.0 Å². The van der Waals surface area contributed by atoms with E-state index in [-0.39, 0.29) is 12.5 Å². The first-order valence-electron chi connectivity index (χ1n) is 6.42. The van der Waals surface area contributed by atoms with Crippen LogP contribution in [0.15, 0.2) is 12.4 Å². The van der Waals surface area contributed by atoms with Crippen LogP contribution in [0.3, 0.4) is 0 Å². The van der Waals surface area contributed by atoms with Gasteiger partial charge in [0.15, 0.2) is 0 Å². The lowest BCUT2D eigenvalue weighted by Gasteiger charge is -2.21. The maximum Gasteiger partial charge on any atom is 0.325 e. The van der Waals surface area contributed by atoms with Crippen LogP contribution in [0.4, 0.5) is 5.95 Å². The topological polar surface area (TPSA) is 64.1 Å². The molecular weight excluding hydrogens is 230 g/mol. The number of hydrogen-bond donors (Lipinski definition) is 1. The number of nitrogens with zero attached hydrogens (tertiary/aromatic N) is 2. The van der Waals surface area contributed by atoms with Crippen LogP contribution in [-0.2, 0) is 9.53 Å². The average molecular weight is 249 g/mol. The van der Waals surface area contributed by atoms with Crippen LogP contribution in [0, 0.1) is 0 Å². The Bertz CT molecular complexity index is 386. The predicted octanol–water partition coefficient (Wildman–Crippen LogP) is 2.11. The van der Waals surface area contributed by atoms with Gasteiger partial charge in [0.1, 0.15) is 6.54 Å². The summed E-state index contributed by atoms with van der Waals surface area (Å²) in [5.74, 6) is 0.753. The molecule has 0 atom stereocenters. The van der Waals surface area contributed by atoms with Crippen LogP contribution in [-0.4, -0.2) is 29.6 Å². The molecule has 0 radical (unpaired) electrons. The van der Waals surface area contributed by atoms with E-state index in [0.29, 0.717) is 11.9 Å². The second-order valence-corrected chi connectivity index (χ2v) is 4.60. The molecule has 0 amide bonds. The summed E-state index contributed by atoms with van der Waals surface area (Å²) in [5, 5.41) is 2.83. The first-order valence-corrected chi connectivity index (χ1v) is 6.42. The smallest absolute Gasteiger partial charge is 0.325 e. The molecule has 1 aliphatic rings. The van der Waals surface area contributed by atoms with Crippen LogP contribution >= 0.6 is 0 Å². The predicted molar refractivity (Wildman–Crippen MR) is 68.4 cm³/mol. The molecule has 1 saturated carbocycles. The Hall–Kier alpha value is -1.65. The molecule has 0 aromatic carbocycles. The molecule has 1 N–H and O–H groups in total. The van der Waals surface area contributed by atoms with Crippen LogP contribution < -0.4 is 5.32 Å². The van der Waals surface area contributed by atoms with Crippen molar-refractivity contribution < 1.29 is 9.53 Å². The Kier molecular flexibility index (Phi) is 4.50. The Morgan fingerprint density at radius 3 is 2.61 bits per heavy atom. The van der Waals surface area contributed by atoms with E-state index in [1.165, 1.54) is 44.8 Å². The van der Waals surface area contributed by atoms with Gasteiger partial charge in [-0.15, -0.1) is 0 Å². The minimum absolute atomic E-state index is 0.0965. The fourth-order valence-electron chi connectivity index (χ4n) is 2.30. The van der Waals surface area contributed by atoms with Crippen LogP contribution in [0.2, 0.25) is 0 Å². The number of anilines is 1. The van der Waals surface area contributed by atoms with Gasteiger partial charge in [0.2, 0.25) is 5.95 Å². The molecule has 1 aromatic heterocycles. The lowest BCUT2D eigenvalue weighted by Crippen LogP contribution is -2.16. The highest BCUT2D eigenvalue weighted by atomic mass is 16.5. The molecule has 0 bridgehead atoms. The molecule has 1 aromatic rings. The maximum absolute atomic E-state index is 11.0. The molecule has 98 valence electrons. The van der Waals surface area contributed by atoms with Gasteiger partial charge in [0.05, 0.1) is 7.11 Å². The molecule has 1 heterocycles. The highest BCUT2D eigenvalue weighted by molar-refractivity contribution is 5.73. The molecule has 0 aliphatic heterocycles. The molecule has 1 fully saturated rings. The lowest BCUT2D eigenvalue weighted by molar-refractivity contribution is -0.138. The minimum Gasteiger partial charge on any atom is -0.468 e. The van der Waals surface area contributed by atoms with Crippen molar-refractivity contribution in [3.8, 4) is 0 Å². The van der Waals surface area contributed by atoms with E-state index in [2.05, 4.69) is 20.0 Å². The number of nitrogens with one attached hydrogen (secondary N) is 1. The fraction of sp³-hybridized carbons (Fsp3) is 0.615. The number of carbonyl (C=O) groups is 1. The van der Waals surface area contributed by atoms with Crippen LogP contribution in [0.5, 0.6) is 0 Å². The zero-order valence-electron chi connectivity index (χ0n) is 10.7. The van der Waals surface area contributed by atoms with E-state index in [1.54, 1.807) is 0 Å². The standard InChI is InChI=1S/C13H19N3O2/c1-18-12(17)9-16-13-14-7-11(8-15-13)10-5-3-2-4-6-10/h7-8,10H,2-6,9H2,1H3,(H,14,15,16). The van der Waals surface area contributed by atoms with E-state index >= 15 is 0 Å². The average Bonchev–Trinajstić information content (AvgIpc) is 2.46. The van der Waals surface area contributed by atoms with E-state index in [1.807, 2.05) is 12.4 Å². The van der Waals surface area contributed by atoms with Crippen molar-refractivity contribution in [1.82, 2.24) is 9.97 Å². The van der Waals surface area contributed by atoms with Crippen molar-refractivity contribution in [3.63, 3.8) is 0 Å². The number of carbonyl (C=O) groups excluding carboxylic acids is 1. The lowest BCUT2D eigenvalue weighted by atomic mass is 9.85. The summed E-state index contributed by atoms with van der Waals surface area (Å²) in [5.41, 5.74) is 1.21. The number of methoxy groups -OCH3 is 1. The van der Waals surface area contributed by atoms with Gasteiger partial charge in [-0.1, -0.05) is 19.3 Å². The number of aromatic nitrogens is 2. The zero-order valence-corrected chi connectivity index (χ0v) is 10.7. The van der Waals surface area contributed by atoms with E-state index in [4.69, 9.17) is 0 Å². The number of esters is 1. The third-order valence-electron chi connectivity index (χ3n) is 3.37. The van der Waals surface area contributed by atoms with Crippen molar-refractivity contribution in [3.05, 3.63) is 18.0 Å². The molecule has 1 aliphatic carbocycles. The summed E-state index contributed by atoms with van der Waals surface area (Å²) in [6, 6.07) is 0. The van der Waals surface area contributed by atoms with Crippen molar-refractivity contribution in [2.24, 2.45) is 0 Å². The van der Waals surface area contributed by atoms with Gasteiger partial charge in [0, 0.05) is 12.4 Å². The first-order chi connectivity index (χ1) is 8.79. The second kappa shape index (κ2) is 6.33. The summed E-state index contributed by atoms with van der Waals surface area (Å²) >= 11 is 0. The Morgan fingerprint density at radius 1 is 1.33 bits per heavy atom. The maximum atomic E-state index is 11.0. The molecule has 0 spiro atoms. The first kappa shape index (κ1) is 12.8. The fourth-order valence-corrected chi connectivity index (χ4v) is 2.30. The SMILES string of the molecule is COC(=O)CNc1ncc(C2CCCCC2)cn1. The van der Waals surface area contributed by atoms with Gasteiger partial charge >= 0.3 is 5.97 Å². The molecule has 18 heavy (non-hydrogen) atoms. The third kappa shape index (κ3) is 3.42. The Balaban J connectivity index is 1.90. The van der Waals surface area contributed by atoms with Crippen molar-refractivity contribution in [1.29, 1.82) is 0 Å². The van der Waals surface area contributed by atoms with Gasteiger partial charge in [-0.25, -0.2) is 9.97 Å². The van der Waals surface area contributed by atoms with E-state index in [0.717, 1.165) is 0 Å². The number of rotatable bonds is 4. The number of hydrogen-bond acceptors (Lipinski definition) is 5. The largest absolute Gasteiger partial charge is 0.468 e. The summed E-state index contributed by atoms with van der Waals surface area (Å²) in [7, 11) is 1.36. The third-order valence-corrected chi connectivity index (χ3v) is 3.37. The highest BCUT2D eigenvalue weighted by Crippen LogP contribution is 2.31. The molecule has 5 heteroatoms. The second-order valence-electron chi connectivity index (χ2n) is 4.60. The summed E-state index contributed by atoms with van der Waals surface area (Å²) in [4.78, 5) is 19.4. The Morgan fingerprint density at radius 2 is 2.00 bits per heavy atom. The molecule has 5 nitrogen and oxygen atoms in total. The van der Waals surface area contributed by atoms with Crippen LogP contribution in [0.1, 0.15) is 43.6 Å². The number of ether oxygens (including phenoxy) is 1. The van der Waals surface area contributed by atoms with Gasteiger partial charge < -0.3 is 10.1 Å². The van der Waals surface area contributed by atoms with Gasteiger partial charge in [-0.2, -0.15) is 0 Å². The highest BCUT2D eigenvalue weighted by Gasteiger charge is 2.16. The summed E-state index contributed by atoms with van der Waals surface area (Å²) < 4.78 is 4.53.